The molecule has 1 heterocycles. The van der Waals surface area contributed by atoms with Gasteiger partial charge >= 0.3 is 0 Å². The second-order valence-electron chi connectivity index (χ2n) is 5.80. The third kappa shape index (κ3) is 4.03. The summed E-state index contributed by atoms with van der Waals surface area (Å²) >= 11 is 0. The molecular formula is C20H16F2N2O3. The number of hydrogen-bond acceptors (Lipinski definition) is 3. The Bertz CT molecular complexity index is 1030. The molecular weight excluding hydrogens is 354 g/mol. The maximum Gasteiger partial charge on any atom is 0.295 e. The minimum absolute atomic E-state index is 0.125. The number of pyridine rings is 1. The summed E-state index contributed by atoms with van der Waals surface area (Å²) in [6.07, 6.45) is 1.36. The lowest BCUT2D eigenvalue weighted by Gasteiger charge is -2.12. The van der Waals surface area contributed by atoms with Gasteiger partial charge in [-0.3, -0.25) is 9.59 Å². The fourth-order valence-corrected chi connectivity index (χ4v) is 2.46. The van der Waals surface area contributed by atoms with E-state index in [1.54, 1.807) is 0 Å². The Balaban J connectivity index is 1.81. The van der Waals surface area contributed by atoms with Crippen molar-refractivity contribution in [3.8, 4) is 0 Å². The minimum Gasteiger partial charge on any atom is -0.406 e. The van der Waals surface area contributed by atoms with Gasteiger partial charge in [0.25, 0.3) is 11.5 Å². The summed E-state index contributed by atoms with van der Waals surface area (Å²) < 4.78 is 28.3. The Labute approximate surface area is 153 Å². The first-order chi connectivity index (χ1) is 13.0. The fraction of sp³-hybridized carbons (Fsp3) is 0.100. The van der Waals surface area contributed by atoms with Crippen LogP contribution in [0, 0.1) is 18.6 Å². The summed E-state index contributed by atoms with van der Waals surface area (Å²) in [5.74, 6) is -2.80. The molecule has 0 unspecified atom stereocenters. The number of nitrogens with zero attached hydrogens (tertiary/aromatic N) is 1. The number of hydrogen-bond donors (Lipinski definition) is 1. The van der Waals surface area contributed by atoms with Crippen LogP contribution in [0.3, 0.4) is 0 Å². The van der Waals surface area contributed by atoms with Crippen molar-refractivity contribution in [3.63, 3.8) is 0 Å². The molecule has 27 heavy (non-hydrogen) atoms. The molecule has 0 saturated carbocycles. The van der Waals surface area contributed by atoms with Crippen molar-refractivity contribution in [1.82, 2.24) is 4.73 Å². The molecule has 3 aromatic rings. The second kappa shape index (κ2) is 7.82. The topological polar surface area (TPSA) is 60.3 Å². The van der Waals surface area contributed by atoms with E-state index in [4.69, 9.17) is 4.84 Å². The molecule has 0 fully saturated rings. The molecule has 1 amide bonds. The first-order valence-electron chi connectivity index (χ1n) is 8.12. The zero-order valence-electron chi connectivity index (χ0n) is 14.4. The summed E-state index contributed by atoms with van der Waals surface area (Å²) in [4.78, 5) is 30.2. The van der Waals surface area contributed by atoms with Crippen LogP contribution in [0.2, 0.25) is 0 Å². The van der Waals surface area contributed by atoms with Crippen LogP contribution in [0.4, 0.5) is 14.5 Å². The van der Waals surface area contributed by atoms with Crippen molar-refractivity contribution < 1.29 is 18.4 Å². The van der Waals surface area contributed by atoms with Crippen LogP contribution in [-0.4, -0.2) is 10.6 Å². The average molecular weight is 370 g/mol. The predicted octanol–water partition coefficient (Wildman–Crippen LogP) is 3.32. The van der Waals surface area contributed by atoms with E-state index in [1.165, 1.54) is 24.4 Å². The van der Waals surface area contributed by atoms with Gasteiger partial charge in [-0.05, 0) is 42.3 Å². The molecule has 0 radical (unpaired) electrons. The van der Waals surface area contributed by atoms with Crippen LogP contribution in [0.25, 0.3) is 0 Å². The summed E-state index contributed by atoms with van der Waals surface area (Å²) in [6, 6.07) is 13.4. The number of halogens is 2. The molecule has 138 valence electrons. The quantitative estimate of drug-likeness (QED) is 0.750. The molecule has 0 bridgehead atoms. The molecule has 7 heteroatoms. The van der Waals surface area contributed by atoms with E-state index < -0.39 is 28.8 Å². The van der Waals surface area contributed by atoms with Crippen LogP contribution < -0.4 is 15.7 Å². The van der Waals surface area contributed by atoms with Crippen molar-refractivity contribution in [1.29, 1.82) is 0 Å². The van der Waals surface area contributed by atoms with E-state index in [2.05, 4.69) is 5.32 Å². The molecule has 0 aliphatic rings. The molecule has 0 atom stereocenters. The highest BCUT2D eigenvalue weighted by molar-refractivity contribution is 6.04. The van der Waals surface area contributed by atoms with Gasteiger partial charge in [-0.25, -0.2) is 8.78 Å². The monoisotopic (exact) mass is 370 g/mol. The van der Waals surface area contributed by atoms with Crippen molar-refractivity contribution in [3.05, 3.63) is 99.5 Å². The SMILES string of the molecule is Cc1ccccc1COn1cccc(C(=O)Nc2c(F)cccc2F)c1=O. The van der Waals surface area contributed by atoms with Gasteiger partial charge in [-0.15, -0.1) is 0 Å². The summed E-state index contributed by atoms with van der Waals surface area (Å²) in [5.41, 5.74) is 0.227. The van der Waals surface area contributed by atoms with E-state index in [9.17, 15) is 18.4 Å². The number of nitrogens with one attached hydrogen (secondary N) is 1. The number of para-hydroxylation sites is 1. The number of carbonyl (C=O) groups excluding carboxylic acids is 1. The van der Waals surface area contributed by atoms with Gasteiger partial charge in [-0.1, -0.05) is 30.3 Å². The molecule has 3 rings (SSSR count). The van der Waals surface area contributed by atoms with E-state index >= 15 is 0 Å². The smallest absolute Gasteiger partial charge is 0.295 e. The molecule has 0 saturated heterocycles. The Morgan fingerprint density at radius 3 is 2.44 bits per heavy atom. The van der Waals surface area contributed by atoms with E-state index in [0.717, 1.165) is 28.0 Å². The molecule has 0 aliphatic heterocycles. The van der Waals surface area contributed by atoms with Crippen LogP contribution in [0.1, 0.15) is 21.5 Å². The fourth-order valence-electron chi connectivity index (χ4n) is 2.46. The van der Waals surface area contributed by atoms with Crippen molar-refractivity contribution in [2.24, 2.45) is 0 Å². The number of carbonyl (C=O) groups is 1. The van der Waals surface area contributed by atoms with Gasteiger partial charge in [0.15, 0.2) is 0 Å². The number of rotatable bonds is 5. The van der Waals surface area contributed by atoms with Crippen LogP contribution in [0.5, 0.6) is 0 Å². The lowest BCUT2D eigenvalue weighted by Crippen LogP contribution is -2.32. The summed E-state index contributed by atoms with van der Waals surface area (Å²) in [7, 11) is 0. The number of amides is 1. The molecule has 2 aromatic carbocycles. The lowest BCUT2D eigenvalue weighted by atomic mass is 10.1. The first kappa shape index (κ1) is 18.3. The van der Waals surface area contributed by atoms with Gasteiger partial charge in [0, 0.05) is 6.20 Å². The number of benzene rings is 2. The molecule has 0 spiro atoms. The molecule has 0 aliphatic carbocycles. The summed E-state index contributed by atoms with van der Waals surface area (Å²) in [5, 5.41) is 2.09. The van der Waals surface area contributed by atoms with Crippen molar-refractivity contribution >= 4 is 11.6 Å². The number of anilines is 1. The first-order valence-corrected chi connectivity index (χ1v) is 8.12. The van der Waals surface area contributed by atoms with Gasteiger partial charge in [0.1, 0.15) is 29.5 Å². The maximum absolute atomic E-state index is 13.7. The normalized spacial score (nSPS) is 10.5. The van der Waals surface area contributed by atoms with Crippen LogP contribution in [-0.2, 0) is 6.61 Å². The van der Waals surface area contributed by atoms with E-state index in [1.807, 2.05) is 31.2 Å². The minimum atomic E-state index is -0.935. The van der Waals surface area contributed by atoms with Gasteiger partial charge in [0.2, 0.25) is 0 Å². The second-order valence-corrected chi connectivity index (χ2v) is 5.80. The average Bonchev–Trinajstić information content (AvgIpc) is 2.65. The zero-order chi connectivity index (χ0) is 19.4. The third-order valence-electron chi connectivity index (χ3n) is 3.98. The molecule has 1 aromatic heterocycles. The third-order valence-corrected chi connectivity index (χ3v) is 3.98. The standard InChI is InChI=1S/C20H16F2N2O3/c1-13-6-2-3-7-14(13)12-27-24-11-5-8-15(20(24)26)19(25)23-18-16(21)9-4-10-17(18)22/h2-11H,12H2,1H3,(H,23,25). The van der Waals surface area contributed by atoms with Gasteiger partial charge in [-0.2, -0.15) is 4.73 Å². The number of aryl methyl sites for hydroxylation is 1. The van der Waals surface area contributed by atoms with Crippen molar-refractivity contribution in [2.75, 3.05) is 5.32 Å². The highest BCUT2D eigenvalue weighted by atomic mass is 19.1. The molecule has 5 nitrogen and oxygen atoms in total. The van der Waals surface area contributed by atoms with Gasteiger partial charge < -0.3 is 10.2 Å². The lowest BCUT2D eigenvalue weighted by molar-refractivity contribution is 0.0860. The molecule has 1 N–H and O–H groups in total. The Morgan fingerprint density at radius 2 is 1.74 bits per heavy atom. The predicted molar refractivity (Wildman–Crippen MR) is 96.5 cm³/mol. The zero-order valence-corrected chi connectivity index (χ0v) is 14.4. The Morgan fingerprint density at radius 1 is 1.04 bits per heavy atom. The van der Waals surface area contributed by atoms with E-state index in [-0.39, 0.29) is 12.2 Å². The maximum atomic E-state index is 13.7. The number of aromatic nitrogens is 1. The van der Waals surface area contributed by atoms with Crippen LogP contribution >= 0.6 is 0 Å². The highest BCUT2D eigenvalue weighted by Crippen LogP contribution is 2.18. The van der Waals surface area contributed by atoms with Crippen LogP contribution in [0.15, 0.2) is 65.6 Å². The van der Waals surface area contributed by atoms with Crippen molar-refractivity contribution in [2.45, 2.75) is 13.5 Å². The Hall–Kier alpha value is -3.48. The summed E-state index contributed by atoms with van der Waals surface area (Å²) in [6.45, 7) is 2.04. The largest absolute Gasteiger partial charge is 0.406 e. The highest BCUT2D eigenvalue weighted by Gasteiger charge is 2.17. The van der Waals surface area contributed by atoms with Gasteiger partial charge in [0.05, 0.1) is 0 Å². The Kier molecular flexibility index (Phi) is 5.30. The van der Waals surface area contributed by atoms with E-state index in [0.29, 0.717) is 0 Å².